The number of anilines is 1. The maximum absolute atomic E-state index is 14.6. The van der Waals surface area contributed by atoms with Gasteiger partial charge in [0.05, 0.1) is 46.6 Å². The molecule has 0 aliphatic rings. The average molecular weight is 635 g/mol. The van der Waals surface area contributed by atoms with Crippen LogP contribution in [0.4, 0.5) is 10.1 Å². The molecular formula is C33H27FN8O3S. The topological polar surface area (TPSA) is 162 Å². The predicted molar refractivity (Wildman–Crippen MR) is 174 cm³/mol. The minimum Gasteiger partial charge on any atom is -0.369 e. The summed E-state index contributed by atoms with van der Waals surface area (Å²) in [7, 11) is -3.45. The fraction of sp³-hybridized carbons (Fsp3) is 0.0909. The highest BCUT2D eigenvalue weighted by atomic mass is 32.2. The third-order valence-electron chi connectivity index (χ3n) is 7.44. The Hall–Kier alpha value is -5.50. The molecule has 1 unspecified atom stereocenters. The van der Waals surface area contributed by atoms with E-state index in [-0.39, 0.29) is 6.54 Å². The Kier molecular flexibility index (Phi) is 7.48. The minimum absolute atomic E-state index is 0.0386. The summed E-state index contributed by atoms with van der Waals surface area (Å²) < 4.78 is 40.2. The second kappa shape index (κ2) is 11.8. The van der Waals surface area contributed by atoms with Crippen molar-refractivity contribution in [2.75, 3.05) is 11.6 Å². The van der Waals surface area contributed by atoms with Crippen molar-refractivity contribution in [1.29, 1.82) is 0 Å². The molecule has 0 saturated carbocycles. The predicted octanol–water partition coefficient (Wildman–Crippen LogP) is 5.52. The number of hydrogen-bond acceptors (Lipinski definition) is 8. The van der Waals surface area contributed by atoms with Gasteiger partial charge >= 0.3 is 0 Å². The maximum Gasteiger partial charge on any atom is 0.209 e. The largest absolute Gasteiger partial charge is 0.369 e. The van der Waals surface area contributed by atoms with Crippen molar-refractivity contribution >= 4 is 37.6 Å². The van der Waals surface area contributed by atoms with Gasteiger partial charge in [-0.3, -0.25) is 15.1 Å². The van der Waals surface area contributed by atoms with Crippen molar-refractivity contribution in [3.8, 4) is 33.9 Å². The summed E-state index contributed by atoms with van der Waals surface area (Å²) in [5.41, 5.74) is 7.05. The van der Waals surface area contributed by atoms with Gasteiger partial charge in [-0.2, -0.15) is 5.10 Å². The molecule has 0 spiro atoms. The molecule has 0 fully saturated rings. The van der Waals surface area contributed by atoms with Gasteiger partial charge in [-0.1, -0.05) is 42.5 Å². The third-order valence-corrected chi connectivity index (χ3v) is 8.11. The molecule has 0 radical (unpaired) electrons. The first-order valence-electron chi connectivity index (χ1n) is 14.2. The van der Waals surface area contributed by atoms with Crippen LogP contribution in [0, 0.1) is 5.82 Å². The van der Waals surface area contributed by atoms with Crippen molar-refractivity contribution in [3.63, 3.8) is 0 Å². The summed E-state index contributed by atoms with van der Waals surface area (Å²) in [5, 5.41) is 22.0. The molecule has 0 aliphatic heterocycles. The zero-order valence-electron chi connectivity index (χ0n) is 24.4. The van der Waals surface area contributed by atoms with Gasteiger partial charge in [0, 0.05) is 34.8 Å². The van der Waals surface area contributed by atoms with Crippen molar-refractivity contribution in [1.82, 2.24) is 34.9 Å². The van der Waals surface area contributed by atoms with E-state index >= 15 is 0 Å². The number of nitrogens with zero attached hydrogens (tertiary/aromatic N) is 4. The Morgan fingerprint density at radius 3 is 2.61 bits per heavy atom. The molecule has 7 aromatic rings. The molecule has 1 atom stereocenters. The molecule has 11 nitrogen and oxygen atoms in total. The van der Waals surface area contributed by atoms with E-state index in [4.69, 9.17) is 4.98 Å². The lowest BCUT2D eigenvalue weighted by molar-refractivity contribution is 0.208. The van der Waals surface area contributed by atoms with Crippen LogP contribution >= 0.6 is 0 Å². The number of sulfonamides is 1. The van der Waals surface area contributed by atoms with Crippen LogP contribution in [-0.2, 0) is 16.6 Å². The zero-order chi connectivity index (χ0) is 31.8. The number of aliphatic hydroxyl groups excluding tert-OH is 1. The number of fused-ring (bicyclic) bond motifs is 2. The van der Waals surface area contributed by atoms with E-state index < -0.39 is 22.1 Å². The third kappa shape index (κ3) is 6.06. The number of H-pyrrole nitrogens is 2. The van der Waals surface area contributed by atoms with Crippen molar-refractivity contribution in [3.05, 3.63) is 114 Å². The van der Waals surface area contributed by atoms with E-state index in [1.807, 2.05) is 60.7 Å². The van der Waals surface area contributed by atoms with Gasteiger partial charge in [0.15, 0.2) is 12.1 Å². The van der Waals surface area contributed by atoms with E-state index in [0.29, 0.717) is 50.6 Å². The molecule has 0 saturated heterocycles. The molecule has 0 amide bonds. The van der Waals surface area contributed by atoms with Crippen LogP contribution in [0.1, 0.15) is 17.4 Å². The van der Waals surface area contributed by atoms with E-state index in [1.165, 1.54) is 12.1 Å². The van der Waals surface area contributed by atoms with Gasteiger partial charge in [0.25, 0.3) is 0 Å². The SMILES string of the molecule is CS(=O)(=O)NCc1cc(F)cc(-c2cccc3[nH]c(-c4n[nH]c5cnc(-c6cncc(NC(O)c7ccccc7)c6)cc45)nc23)c1. The van der Waals surface area contributed by atoms with Gasteiger partial charge < -0.3 is 15.4 Å². The van der Waals surface area contributed by atoms with Crippen LogP contribution in [0.25, 0.3) is 55.8 Å². The lowest BCUT2D eigenvalue weighted by atomic mass is 10.0. The van der Waals surface area contributed by atoms with Crippen LogP contribution < -0.4 is 10.0 Å². The van der Waals surface area contributed by atoms with Gasteiger partial charge in [0.1, 0.15) is 11.5 Å². The van der Waals surface area contributed by atoms with Gasteiger partial charge in [-0.25, -0.2) is 22.5 Å². The van der Waals surface area contributed by atoms with E-state index in [2.05, 4.69) is 35.2 Å². The number of aromatic amines is 2. The molecule has 4 heterocycles. The quantitative estimate of drug-likeness (QED) is 0.130. The highest BCUT2D eigenvalue weighted by Gasteiger charge is 2.17. The summed E-state index contributed by atoms with van der Waals surface area (Å²) in [6.45, 7) is -0.0386. The number of rotatable bonds is 9. The number of hydrogen-bond donors (Lipinski definition) is 5. The van der Waals surface area contributed by atoms with Gasteiger partial charge in [-0.05, 0) is 47.5 Å². The Labute approximate surface area is 262 Å². The first-order valence-corrected chi connectivity index (χ1v) is 16.1. The number of para-hydroxylation sites is 1. The zero-order valence-corrected chi connectivity index (χ0v) is 25.2. The number of aliphatic hydroxyl groups is 1. The van der Waals surface area contributed by atoms with E-state index in [9.17, 15) is 17.9 Å². The van der Waals surface area contributed by atoms with E-state index in [0.717, 1.165) is 28.3 Å². The smallest absolute Gasteiger partial charge is 0.209 e. The molecule has 230 valence electrons. The molecule has 3 aromatic carbocycles. The molecule has 4 aromatic heterocycles. The molecule has 46 heavy (non-hydrogen) atoms. The fourth-order valence-electron chi connectivity index (χ4n) is 5.29. The van der Waals surface area contributed by atoms with Crippen molar-refractivity contribution in [2.24, 2.45) is 0 Å². The molecule has 5 N–H and O–H groups in total. The number of nitrogens with one attached hydrogen (secondary N) is 4. The van der Waals surface area contributed by atoms with E-state index in [1.54, 1.807) is 24.7 Å². The summed E-state index contributed by atoms with van der Waals surface area (Å²) in [6.07, 6.45) is 5.16. The fourth-order valence-corrected chi connectivity index (χ4v) is 5.72. The number of benzene rings is 3. The Morgan fingerprint density at radius 1 is 0.935 bits per heavy atom. The monoisotopic (exact) mass is 634 g/mol. The second-order valence-corrected chi connectivity index (χ2v) is 12.7. The second-order valence-electron chi connectivity index (χ2n) is 10.8. The van der Waals surface area contributed by atoms with Crippen LogP contribution in [0.3, 0.4) is 0 Å². The first-order chi connectivity index (χ1) is 22.2. The Bertz CT molecular complexity index is 2320. The minimum atomic E-state index is -3.45. The Balaban J connectivity index is 1.22. The van der Waals surface area contributed by atoms with Crippen LogP contribution in [-0.4, -0.2) is 49.9 Å². The standard InChI is InChI=1S/C33H27FN8O3S/c1-46(44,45)37-15-19-10-21(12-23(34)11-19)25-8-5-9-27-30(25)40-32(39-27)31-26-14-28(36-18-29(26)41-42-31)22-13-24(17-35-16-22)38-33(43)20-6-3-2-4-7-20/h2-14,16-18,33,37-38,43H,15H2,1H3,(H,39,40)(H,41,42). The van der Waals surface area contributed by atoms with Crippen molar-refractivity contribution in [2.45, 2.75) is 12.8 Å². The lowest BCUT2D eigenvalue weighted by Gasteiger charge is -2.14. The first kappa shape index (κ1) is 29.2. The van der Waals surface area contributed by atoms with Crippen LogP contribution in [0.15, 0.2) is 97.5 Å². The molecule has 0 bridgehead atoms. The summed E-state index contributed by atoms with van der Waals surface area (Å²) in [4.78, 5) is 17.1. The normalized spacial score (nSPS) is 12.5. The molecule has 13 heteroatoms. The molecular weight excluding hydrogens is 607 g/mol. The number of pyridine rings is 2. The average Bonchev–Trinajstić information content (AvgIpc) is 3.68. The lowest BCUT2D eigenvalue weighted by Crippen LogP contribution is -2.21. The van der Waals surface area contributed by atoms with Crippen molar-refractivity contribution < 1.29 is 17.9 Å². The maximum atomic E-state index is 14.6. The highest BCUT2D eigenvalue weighted by molar-refractivity contribution is 7.88. The van der Waals surface area contributed by atoms with Gasteiger partial charge in [0.2, 0.25) is 10.0 Å². The van der Waals surface area contributed by atoms with Gasteiger partial charge in [-0.15, -0.1) is 0 Å². The van der Waals surface area contributed by atoms with Crippen LogP contribution in [0.2, 0.25) is 0 Å². The number of halogens is 1. The molecule has 7 rings (SSSR count). The van der Waals surface area contributed by atoms with Crippen LogP contribution in [0.5, 0.6) is 0 Å². The number of aromatic nitrogens is 6. The highest BCUT2D eigenvalue weighted by Crippen LogP contribution is 2.33. The number of imidazole rings is 1. The summed E-state index contributed by atoms with van der Waals surface area (Å²) in [5.74, 6) is 0.0120. The molecule has 0 aliphatic carbocycles. The Morgan fingerprint density at radius 2 is 1.78 bits per heavy atom. The summed E-state index contributed by atoms with van der Waals surface area (Å²) >= 11 is 0. The summed E-state index contributed by atoms with van der Waals surface area (Å²) in [6, 6.07) is 23.0.